The zero-order valence-electron chi connectivity index (χ0n) is 14.4. The molecule has 1 aliphatic heterocycles. The van der Waals surface area contributed by atoms with Crippen molar-refractivity contribution in [1.82, 2.24) is 4.90 Å². The number of hydrogen-bond acceptors (Lipinski definition) is 3. The van der Waals surface area contributed by atoms with E-state index in [4.69, 9.17) is 0 Å². The van der Waals surface area contributed by atoms with Gasteiger partial charge in [-0.05, 0) is 63.3 Å². The van der Waals surface area contributed by atoms with Crippen molar-refractivity contribution in [2.24, 2.45) is 0 Å². The van der Waals surface area contributed by atoms with Crippen LogP contribution >= 0.6 is 0 Å². The number of rotatable bonds is 4. The molecule has 1 aromatic carbocycles. The van der Waals surface area contributed by atoms with Crippen LogP contribution < -0.4 is 4.31 Å². The molecule has 0 N–H and O–H groups in total. The third-order valence-corrected chi connectivity index (χ3v) is 5.44. The van der Waals surface area contributed by atoms with Gasteiger partial charge in [0, 0.05) is 13.1 Å². The second-order valence-electron chi connectivity index (χ2n) is 6.47. The SMILES string of the molecule is Cc1cc(C)cc(N([C@H](C)C(=O)N2CCCCC2)S(C)(=O)=O)c1. The summed E-state index contributed by atoms with van der Waals surface area (Å²) in [5.41, 5.74) is 2.51. The average Bonchev–Trinajstić information content (AvgIpc) is 2.45. The maximum absolute atomic E-state index is 12.7. The van der Waals surface area contributed by atoms with Crippen LogP contribution in [-0.4, -0.2) is 44.6 Å². The quantitative estimate of drug-likeness (QED) is 0.847. The molecular weight excluding hydrogens is 312 g/mol. The lowest BCUT2D eigenvalue weighted by molar-refractivity contribution is -0.132. The van der Waals surface area contributed by atoms with Crippen LogP contribution in [0, 0.1) is 13.8 Å². The van der Waals surface area contributed by atoms with E-state index in [2.05, 4.69) is 0 Å². The highest BCUT2D eigenvalue weighted by Crippen LogP contribution is 2.25. The van der Waals surface area contributed by atoms with Gasteiger partial charge in [-0.15, -0.1) is 0 Å². The number of carbonyl (C=O) groups is 1. The lowest BCUT2D eigenvalue weighted by Crippen LogP contribution is -2.50. The molecule has 1 amide bonds. The summed E-state index contributed by atoms with van der Waals surface area (Å²) in [5, 5.41) is 0. The molecule has 0 radical (unpaired) electrons. The van der Waals surface area contributed by atoms with E-state index >= 15 is 0 Å². The van der Waals surface area contributed by atoms with Crippen LogP contribution in [-0.2, 0) is 14.8 Å². The van der Waals surface area contributed by atoms with E-state index in [0.717, 1.165) is 36.6 Å². The number of carbonyl (C=O) groups excluding carboxylic acids is 1. The second kappa shape index (κ2) is 6.91. The molecule has 1 aliphatic rings. The van der Waals surface area contributed by atoms with E-state index < -0.39 is 16.1 Å². The van der Waals surface area contributed by atoms with Crippen molar-refractivity contribution in [1.29, 1.82) is 0 Å². The molecule has 23 heavy (non-hydrogen) atoms. The zero-order valence-corrected chi connectivity index (χ0v) is 15.2. The van der Waals surface area contributed by atoms with Gasteiger partial charge in [0.05, 0.1) is 11.9 Å². The Kier molecular flexibility index (Phi) is 5.34. The van der Waals surface area contributed by atoms with E-state index in [1.807, 2.05) is 32.0 Å². The lowest BCUT2D eigenvalue weighted by atomic mass is 10.1. The molecule has 1 aromatic rings. The summed E-state index contributed by atoms with van der Waals surface area (Å²) >= 11 is 0. The Morgan fingerprint density at radius 3 is 2.09 bits per heavy atom. The number of piperidine rings is 1. The predicted octanol–water partition coefficient (Wildman–Crippen LogP) is 2.47. The fourth-order valence-electron chi connectivity index (χ4n) is 3.26. The van der Waals surface area contributed by atoms with Gasteiger partial charge in [-0.25, -0.2) is 8.42 Å². The van der Waals surface area contributed by atoms with E-state index in [9.17, 15) is 13.2 Å². The summed E-state index contributed by atoms with van der Waals surface area (Å²) in [5.74, 6) is -0.116. The predicted molar refractivity (Wildman–Crippen MR) is 93.1 cm³/mol. The van der Waals surface area contributed by atoms with Gasteiger partial charge in [0.25, 0.3) is 0 Å². The first-order valence-electron chi connectivity index (χ1n) is 8.06. The molecule has 6 heteroatoms. The normalized spacial score (nSPS) is 17.0. The summed E-state index contributed by atoms with van der Waals surface area (Å²) in [6, 6.07) is 4.88. The molecular formula is C17H26N2O3S. The Balaban J connectivity index is 2.36. The fourth-order valence-corrected chi connectivity index (χ4v) is 4.41. The monoisotopic (exact) mass is 338 g/mol. The minimum absolute atomic E-state index is 0.116. The van der Waals surface area contributed by atoms with Crippen molar-refractivity contribution >= 4 is 21.6 Å². The van der Waals surface area contributed by atoms with Crippen LogP contribution in [0.2, 0.25) is 0 Å². The summed E-state index contributed by atoms with van der Waals surface area (Å²) in [6.45, 7) is 6.96. The molecule has 0 aromatic heterocycles. The molecule has 1 heterocycles. The largest absolute Gasteiger partial charge is 0.341 e. The number of likely N-dealkylation sites (tertiary alicyclic amines) is 1. The number of anilines is 1. The van der Waals surface area contributed by atoms with Crippen molar-refractivity contribution in [3.63, 3.8) is 0 Å². The van der Waals surface area contributed by atoms with Gasteiger partial charge in [0.1, 0.15) is 6.04 Å². The third-order valence-electron chi connectivity index (χ3n) is 4.20. The Morgan fingerprint density at radius 2 is 1.61 bits per heavy atom. The Labute approximate surface area is 139 Å². The Bertz CT molecular complexity index is 659. The van der Waals surface area contributed by atoms with Crippen LogP contribution in [0.5, 0.6) is 0 Å². The van der Waals surface area contributed by atoms with E-state index in [1.165, 1.54) is 4.31 Å². The first kappa shape index (κ1) is 17.8. The summed E-state index contributed by atoms with van der Waals surface area (Å²) < 4.78 is 25.9. The van der Waals surface area contributed by atoms with Gasteiger partial charge in [0.2, 0.25) is 15.9 Å². The third kappa shape index (κ3) is 4.25. The highest BCUT2D eigenvalue weighted by Gasteiger charge is 2.32. The van der Waals surface area contributed by atoms with Gasteiger partial charge in [0.15, 0.2) is 0 Å². The molecule has 1 atom stereocenters. The maximum Gasteiger partial charge on any atom is 0.246 e. The van der Waals surface area contributed by atoms with Gasteiger partial charge in [-0.3, -0.25) is 9.10 Å². The van der Waals surface area contributed by atoms with Crippen molar-refractivity contribution in [2.75, 3.05) is 23.7 Å². The van der Waals surface area contributed by atoms with E-state index in [1.54, 1.807) is 11.8 Å². The summed E-state index contributed by atoms with van der Waals surface area (Å²) in [7, 11) is -3.55. The first-order valence-corrected chi connectivity index (χ1v) is 9.91. The van der Waals surface area contributed by atoms with Crippen molar-refractivity contribution in [3.8, 4) is 0 Å². The average molecular weight is 338 g/mol. The van der Waals surface area contributed by atoms with Gasteiger partial charge < -0.3 is 4.90 Å². The highest BCUT2D eigenvalue weighted by atomic mass is 32.2. The highest BCUT2D eigenvalue weighted by molar-refractivity contribution is 7.92. The molecule has 0 unspecified atom stereocenters. The number of nitrogens with zero attached hydrogens (tertiary/aromatic N) is 2. The minimum atomic E-state index is -3.55. The molecule has 2 rings (SSSR count). The number of amides is 1. The molecule has 1 fully saturated rings. The maximum atomic E-state index is 12.7. The number of sulfonamides is 1. The smallest absolute Gasteiger partial charge is 0.246 e. The fraction of sp³-hybridized carbons (Fsp3) is 0.588. The standard InChI is InChI=1S/C17H26N2O3S/c1-13-10-14(2)12-16(11-13)19(23(4,21)22)15(3)17(20)18-8-6-5-7-9-18/h10-12,15H,5-9H2,1-4H3/t15-/m1/s1. The second-order valence-corrected chi connectivity index (χ2v) is 8.33. The molecule has 1 saturated heterocycles. The van der Waals surface area contributed by atoms with Crippen LogP contribution in [0.15, 0.2) is 18.2 Å². The molecule has 0 aliphatic carbocycles. The van der Waals surface area contributed by atoms with Gasteiger partial charge >= 0.3 is 0 Å². The Morgan fingerprint density at radius 1 is 1.09 bits per heavy atom. The zero-order chi connectivity index (χ0) is 17.2. The van der Waals surface area contributed by atoms with E-state index in [-0.39, 0.29) is 5.91 Å². The van der Waals surface area contributed by atoms with Gasteiger partial charge in [-0.1, -0.05) is 6.07 Å². The van der Waals surface area contributed by atoms with Crippen molar-refractivity contribution in [2.45, 2.75) is 46.1 Å². The van der Waals surface area contributed by atoms with Crippen LogP contribution in [0.4, 0.5) is 5.69 Å². The number of aryl methyl sites for hydroxylation is 2. The molecule has 0 saturated carbocycles. The van der Waals surface area contributed by atoms with Crippen molar-refractivity contribution < 1.29 is 13.2 Å². The van der Waals surface area contributed by atoms with Crippen LogP contribution in [0.1, 0.15) is 37.3 Å². The molecule has 128 valence electrons. The van der Waals surface area contributed by atoms with Crippen LogP contribution in [0.25, 0.3) is 0 Å². The van der Waals surface area contributed by atoms with E-state index in [0.29, 0.717) is 18.8 Å². The topological polar surface area (TPSA) is 57.7 Å². The molecule has 5 nitrogen and oxygen atoms in total. The summed E-state index contributed by atoms with van der Waals surface area (Å²) in [6.07, 6.45) is 4.26. The number of hydrogen-bond donors (Lipinski definition) is 0. The Hall–Kier alpha value is -1.56. The van der Waals surface area contributed by atoms with Crippen LogP contribution in [0.3, 0.4) is 0 Å². The summed E-state index contributed by atoms with van der Waals surface area (Å²) in [4.78, 5) is 14.5. The first-order chi connectivity index (χ1) is 10.7. The minimum Gasteiger partial charge on any atom is -0.341 e. The number of benzene rings is 1. The van der Waals surface area contributed by atoms with Gasteiger partial charge in [-0.2, -0.15) is 0 Å². The molecule has 0 spiro atoms. The lowest BCUT2D eigenvalue weighted by Gasteiger charge is -2.34. The molecule has 0 bridgehead atoms. The van der Waals surface area contributed by atoms with Crippen molar-refractivity contribution in [3.05, 3.63) is 29.3 Å².